The molecular weight excluding hydrogens is 306 g/mol. The normalized spacial score (nSPS) is 10.9. The van der Waals surface area contributed by atoms with Gasteiger partial charge in [0.05, 0.1) is 7.11 Å². The molecule has 0 aliphatic heterocycles. The van der Waals surface area contributed by atoms with Crippen LogP contribution >= 0.6 is 0 Å². The number of nitrogens with one attached hydrogen (secondary N) is 1. The molecule has 1 heterocycles. The molecule has 0 unspecified atom stereocenters. The summed E-state index contributed by atoms with van der Waals surface area (Å²) in [5.41, 5.74) is 1.55. The second-order valence-electron chi connectivity index (χ2n) is 5.66. The molecule has 0 radical (unpaired) electrons. The van der Waals surface area contributed by atoms with E-state index in [4.69, 9.17) is 4.42 Å². The number of benzene rings is 2. The highest BCUT2D eigenvalue weighted by atomic mass is 16.5. The van der Waals surface area contributed by atoms with Gasteiger partial charge < -0.3 is 14.5 Å². The Balaban J connectivity index is 1.82. The molecule has 124 valence electrons. The maximum absolute atomic E-state index is 12.4. The van der Waals surface area contributed by atoms with Crippen LogP contribution in [0.1, 0.15) is 29.0 Å². The number of rotatable bonds is 5. The lowest BCUT2D eigenvalue weighted by atomic mass is 10.1. The molecule has 5 heteroatoms. The number of methoxy groups -OCH3 is 1. The maximum Gasteiger partial charge on any atom is 0.305 e. The smallest absolute Gasteiger partial charge is 0.305 e. The van der Waals surface area contributed by atoms with Gasteiger partial charge in [-0.3, -0.25) is 9.59 Å². The Morgan fingerprint density at radius 2 is 1.92 bits per heavy atom. The Hall–Kier alpha value is -2.82. The Bertz CT molecular complexity index is 910. The Kier molecular flexibility index (Phi) is 4.51. The van der Waals surface area contributed by atoms with Gasteiger partial charge in [-0.15, -0.1) is 0 Å². The third kappa shape index (κ3) is 2.97. The third-order valence-corrected chi connectivity index (χ3v) is 4.11. The predicted molar refractivity (Wildman–Crippen MR) is 92.0 cm³/mol. The van der Waals surface area contributed by atoms with Crippen molar-refractivity contribution in [1.82, 2.24) is 5.32 Å². The summed E-state index contributed by atoms with van der Waals surface area (Å²) >= 11 is 0. The number of carbonyl (C=O) groups excluding carboxylic acids is 2. The van der Waals surface area contributed by atoms with E-state index < -0.39 is 0 Å². The molecule has 1 amide bonds. The summed E-state index contributed by atoms with van der Waals surface area (Å²) in [5.74, 6) is -0.229. The van der Waals surface area contributed by atoms with Crippen LogP contribution in [0.5, 0.6) is 0 Å². The van der Waals surface area contributed by atoms with Gasteiger partial charge in [-0.05, 0) is 18.7 Å². The van der Waals surface area contributed by atoms with Gasteiger partial charge in [0.25, 0.3) is 5.91 Å². The number of amides is 1. The van der Waals surface area contributed by atoms with Gasteiger partial charge in [-0.25, -0.2) is 0 Å². The minimum atomic E-state index is -0.282. The third-order valence-electron chi connectivity index (χ3n) is 4.11. The topological polar surface area (TPSA) is 68.5 Å². The van der Waals surface area contributed by atoms with E-state index in [1.165, 1.54) is 7.11 Å². The van der Waals surface area contributed by atoms with E-state index in [9.17, 15) is 9.59 Å². The highest BCUT2D eigenvalue weighted by Gasteiger charge is 2.18. The van der Waals surface area contributed by atoms with Crippen LogP contribution in [0.3, 0.4) is 0 Å². The summed E-state index contributed by atoms with van der Waals surface area (Å²) in [5, 5.41) is 5.79. The van der Waals surface area contributed by atoms with Crippen LogP contribution in [0.2, 0.25) is 0 Å². The van der Waals surface area contributed by atoms with Gasteiger partial charge in [-0.2, -0.15) is 0 Å². The van der Waals surface area contributed by atoms with Gasteiger partial charge in [-0.1, -0.05) is 36.4 Å². The molecule has 1 N–H and O–H groups in total. The molecule has 0 aliphatic rings. The average Bonchev–Trinajstić information content (AvgIpc) is 2.95. The van der Waals surface area contributed by atoms with Crippen LogP contribution in [-0.2, 0) is 9.53 Å². The lowest BCUT2D eigenvalue weighted by molar-refractivity contribution is -0.140. The molecule has 3 rings (SSSR count). The van der Waals surface area contributed by atoms with Crippen LogP contribution in [0.25, 0.3) is 21.7 Å². The fourth-order valence-corrected chi connectivity index (χ4v) is 2.78. The first kappa shape index (κ1) is 16.1. The number of aryl methyl sites for hydroxylation is 1. The molecule has 3 aromatic rings. The van der Waals surface area contributed by atoms with Crippen molar-refractivity contribution in [2.24, 2.45) is 0 Å². The molecule has 0 atom stereocenters. The number of carbonyl (C=O) groups is 2. The SMILES string of the molecule is COC(=O)CCCNC(=O)c1oc2c(ccc3ccccc32)c1C. The molecule has 0 bridgehead atoms. The summed E-state index contributed by atoms with van der Waals surface area (Å²) in [4.78, 5) is 23.4. The van der Waals surface area contributed by atoms with E-state index in [1.54, 1.807) is 0 Å². The van der Waals surface area contributed by atoms with Crippen LogP contribution in [-0.4, -0.2) is 25.5 Å². The molecule has 2 aromatic carbocycles. The van der Waals surface area contributed by atoms with Crippen molar-refractivity contribution >= 4 is 33.6 Å². The minimum Gasteiger partial charge on any atom is -0.469 e. The van der Waals surface area contributed by atoms with E-state index in [2.05, 4.69) is 10.1 Å². The fourth-order valence-electron chi connectivity index (χ4n) is 2.78. The zero-order valence-corrected chi connectivity index (χ0v) is 13.7. The van der Waals surface area contributed by atoms with Crippen molar-refractivity contribution in [3.63, 3.8) is 0 Å². The molecule has 0 fully saturated rings. The number of esters is 1. The molecular formula is C19H19NO4. The molecule has 24 heavy (non-hydrogen) atoms. The fraction of sp³-hybridized carbons (Fsp3) is 0.263. The summed E-state index contributed by atoms with van der Waals surface area (Å²) in [7, 11) is 1.35. The van der Waals surface area contributed by atoms with Gasteiger partial charge in [0, 0.05) is 29.3 Å². The van der Waals surface area contributed by atoms with Crippen molar-refractivity contribution < 1.29 is 18.7 Å². The van der Waals surface area contributed by atoms with E-state index in [1.807, 2.05) is 43.3 Å². The molecule has 0 aliphatic carbocycles. The zero-order chi connectivity index (χ0) is 17.1. The highest BCUT2D eigenvalue weighted by Crippen LogP contribution is 2.31. The van der Waals surface area contributed by atoms with E-state index in [0.717, 1.165) is 27.3 Å². The quantitative estimate of drug-likeness (QED) is 0.575. The second-order valence-corrected chi connectivity index (χ2v) is 5.66. The van der Waals surface area contributed by atoms with Crippen molar-refractivity contribution in [3.8, 4) is 0 Å². The van der Waals surface area contributed by atoms with Gasteiger partial charge in [0.1, 0.15) is 5.58 Å². The number of furan rings is 1. The standard InChI is InChI=1S/C19H19NO4/c1-12-14-10-9-13-6-3-4-7-15(13)18(14)24-17(12)19(22)20-11-5-8-16(21)23-2/h3-4,6-7,9-10H,5,8,11H2,1-2H3,(H,20,22). The molecule has 5 nitrogen and oxygen atoms in total. The number of fused-ring (bicyclic) bond motifs is 3. The van der Waals surface area contributed by atoms with Crippen molar-refractivity contribution in [3.05, 3.63) is 47.7 Å². The summed E-state index contributed by atoms with van der Waals surface area (Å²) in [6, 6.07) is 11.9. The lowest BCUT2D eigenvalue weighted by Crippen LogP contribution is -2.25. The highest BCUT2D eigenvalue weighted by molar-refractivity contribution is 6.08. The van der Waals surface area contributed by atoms with Crippen LogP contribution < -0.4 is 5.32 Å². The lowest BCUT2D eigenvalue weighted by Gasteiger charge is -2.03. The van der Waals surface area contributed by atoms with Crippen molar-refractivity contribution in [1.29, 1.82) is 0 Å². The van der Waals surface area contributed by atoms with Gasteiger partial charge >= 0.3 is 5.97 Å². The van der Waals surface area contributed by atoms with E-state index in [-0.39, 0.29) is 18.3 Å². The Labute approximate surface area is 139 Å². The first-order valence-corrected chi connectivity index (χ1v) is 7.87. The second kappa shape index (κ2) is 6.74. The molecule has 0 saturated carbocycles. The average molecular weight is 325 g/mol. The van der Waals surface area contributed by atoms with Crippen LogP contribution in [0, 0.1) is 6.92 Å². The number of hydrogen-bond acceptors (Lipinski definition) is 4. The number of hydrogen-bond donors (Lipinski definition) is 1. The largest absolute Gasteiger partial charge is 0.469 e. The molecule has 0 spiro atoms. The number of ether oxygens (including phenoxy) is 1. The van der Waals surface area contributed by atoms with Gasteiger partial charge in [0.2, 0.25) is 0 Å². The zero-order valence-electron chi connectivity index (χ0n) is 13.7. The molecule has 1 aromatic heterocycles. The summed E-state index contributed by atoms with van der Waals surface area (Å²) in [6.45, 7) is 2.27. The van der Waals surface area contributed by atoms with E-state index >= 15 is 0 Å². The van der Waals surface area contributed by atoms with Crippen LogP contribution in [0.4, 0.5) is 0 Å². The first-order chi connectivity index (χ1) is 11.6. The van der Waals surface area contributed by atoms with Gasteiger partial charge in [0.15, 0.2) is 5.76 Å². The van der Waals surface area contributed by atoms with Crippen molar-refractivity contribution in [2.75, 3.05) is 13.7 Å². The van der Waals surface area contributed by atoms with Crippen LogP contribution in [0.15, 0.2) is 40.8 Å². The summed E-state index contributed by atoms with van der Waals surface area (Å²) < 4.78 is 10.4. The Morgan fingerprint density at radius 3 is 2.71 bits per heavy atom. The van der Waals surface area contributed by atoms with Crippen molar-refractivity contribution in [2.45, 2.75) is 19.8 Å². The summed E-state index contributed by atoms with van der Waals surface area (Å²) in [6.07, 6.45) is 0.807. The monoisotopic (exact) mass is 325 g/mol. The minimum absolute atomic E-state index is 0.266. The predicted octanol–water partition coefficient (Wildman–Crippen LogP) is 3.58. The maximum atomic E-state index is 12.4. The van der Waals surface area contributed by atoms with E-state index in [0.29, 0.717) is 18.7 Å². The Morgan fingerprint density at radius 1 is 1.12 bits per heavy atom. The molecule has 0 saturated heterocycles. The first-order valence-electron chi connectivity index (χ1n) is 7.87.